The number of ether oxygens (including phenoxy) is 2. The van der Waals surface area contributed by atoms with Crippen molar-refractivity contribution >= 4 is 31.6 Å². The van der Waals surface area contributed by atoms with Crippen LogP contribution in [-0.4, -0.2) is 50.7 Å². The summed E-state index contributed by atoms with van der Waals surface area (Å²) >= 11 is 0. The molecule has 0 aromatic heterocycles. The van der Waals surface area contributed by atoms with Gasteiger partial charge in [-0.3, -0.25) is 9.11 Å². The van der Waals surface area contributed by atoms with Crippen LogP contribution in [0.4, 0.5) is 11.4 Å². The average molecular weight is 489 g/mol. The van der Waals surface area contributed by atoms with E-state index in [4.69, 9.17) is 30.0 Å². The van der Waals surface area contributed by atoms with E-state index in [0.29, 0.717) is 35.7 Å². The molecule has 0 aliphatic heterocycles. The summed E-state index contributed by atoms with van der Waals surface area (Å²) in [5.41, 5.74) is 14.4. The van der Waals surface area contributed by atoms with Gasteiger partial charge in [0.2, 0.25) is 0 Å². The monoisotopic (exact) mass is 488 g/mol. The van der Waals surface area contributed by atoms with Crippen LogP contribution in [-0.2, 0) is 20.2 Å². The topological polar surface area (TPSA) is 179 Å². The Kier molecular flexibility index (Phi) is 9.13. The normalized spacial score (nSPS) is 11.9. The Morgan fingerprint density at radius 1 is 0.656 bits per heavy atom. The largest absolute Gasteiger partial charge is 0.491 e. The fraction of sp³-hybridized carbons (Fsp3) is 0.400. The highest BCUT2D eigenvalue weighted by Gasteiger charge is 2.10. The molecule has 2 aromatic rings. The van der Waals surface area contributed by atoms with E-state index in [1.54, 1.807) is 24.3 Å². The third-order valence-corrected chi connectivity index (χ3v) is 6.08. The summed E-state index contributed by atoms with van der Waals surface area (Å²) in [5, 5.41) is 0. The fourth-order valence-electron chi connectivity index (χ4n) is 2.82. The van der Waals surface area contributed by atoms with Gasteiger partial charge in [0.15, 0.2) is 0 Å². The first-order valence-corrected chi connectivity index (χ1v) is 13.1. The van der Waals surface area contributed by atoms with Crippen molar-refractivity contribution in [1.29, 1.82) is 0 Å². The van der Waals surface area contributed by atoms with Crippen molar-refractivity contribution in [3.63, 3.8) is 0 Å². The van der Waals surface area contributed by atoms with E-state index in [1.165, 1.54) is 0 Å². The molecule has 6 N–H and O–H groups in total. The second-order valence-corrected chi connectivity index (χ2v) is 10.3. The number of nitrogens with two attached hydrogens (primary N) is 2. The summed E-state index contributed by atoms with van der Waals surface area (Å²) in [5.74, 6) is 0.240. The molecule has 0 fully saturated rings. The molecule has 10 nitrogen and oxygen atoms in total. The highest BCUT2D eigenvalue weighted by molar-refractivity contribution is 7.86. The Balaban J connectivity index is 2.00. The SMILES string of the molecule is Nc1ccc(-c2ccc(N)c(OCCCCS(=O)(=O)O)c2)cc1OCCCCS(=O)(=O)O. The number of hydrogen-bond donors (Lipinski definition) is 4. The van der Waals surface area contributed by atoms with E-state index in [1.807, 2.05) is 12.1 Å². The zero-order valence-corrected chi connectivity index (χ0v) is 19.1. The maximum Gasteiger partial charge on any atom is 0.264 e. The van der Waals surface area contributed by atoms with E-state index in [0.717, 1.165) is 11.1 Å². The Hall–Kier alpha value is -2.54. The molecule has 0 saturated carbocycles. The van der Waals surface area contributed by atoms with Crippen molar-refractivity contribution in [1.82, 2.24) is 0 Å². The van der Waals surface area contributed by atoms with Crippen LogP contribution in [0.2, 0.25) is 0 Å². The molecule has 0 bridgehead atoms. The van der Waals surface area contributed by atoms with Crippen LogP contribution in [0.3, 0.4) is 0 Å². The standard InChI is InChI=1S/C20H28N2O8S2/c21-17-7-5-15(13-19(17)29-9-1-3-11-31(23,24)25)16-6-8-18(22)20(14-16)30-10-2-4-12-32(26,27)28/h5-8,13-14H,1-4,9-12,21-22H2,(H,23,24,25)(H,26,27,28). The zero-order valence-electron chi connectivity index (χ0n) is 17.4. The van der Waals surface area contributed by atoms with Gasteiger partial charge in [-0.15, -0.1) is 0 Å². The minimum Gasteiger partial charge on any atom is -0.491 e. The van der Waals surface area contributed by atoms with Crippen molar-refractivity contribution < 1.29 is 35.4 Å². The summed E-state index contributed by atoms with van der Waals surface area (Å²) < 4.78 is 71.8. The first-order valence-electron chi connectivity index (χ1n) is 9.90. The molecule has 2 aromatic carbocycles. The van der Waals surface area contributed by atoms with Crippen LogP contribution in [0.25, 0.3) is 11.1 Å². The van der Waals surface area contributed by atoms with E-state index in [2.05, 4.69) is 0 Å². The van der Waals surface area contributed by atoms with Gasteiger partial charge < -0.3 is 20.9 Å². The molecule has 32 heavy (non-hydrogen) atoms. The molecule has 2 rings (SSSR count). The third kappa shape index (κ3) is 9.30. The quantitative estimate of drug-likeness (QED) is 0.186. The van der Waals surface area contributed by atoms with E-state index in [-0.39, 0.29) is 37.6 Å². The van der Waals surface area contributed by atoms with Crippen LogP contribution < -0.4 is 20.9 Å². The number of benzene rings is 2. The molecule has 0 atom stereocenters. The molecule has 178 valence electrons. The summed E-state index contributed by atoms with van der Waals surface area (Å²) in [7, 11) is -7.97. The lowest BCUT2D eigenvalue weighted by Crippen LogP contribution is -2.07. The Labute approximate surface area is 188 Å². The Morgan fingerprint density at radius 2 is 1.03 bits per heavy atom. The number of hydrogen-bond acceptors (Lipinski definition) is 8. The molecule has 0 aliphatic carbocycles. The minimum atomic E-state index is -3.98. The van der Waals surface area contributed by atoms with E-state index in [9.17, 15) is 16.8 Å². The number of anilines is 2. The van der Waals surface area contributed by atoms with Crippen LogP contribution >= 0.6 is 0 Å². The summed E-state index contributed by atoms with van der Waals surface area (Å²) in [6.45, 7) is 0.478. The summed E-state index contributed by atoms with van der Waals surface area (Å²) in [4.78, 5) is 0. The molecule has 0 unspecified atom stereocenters. The van der Waals surface area contributed by atoms with Gasteiger partial charge in [0.05, 0.1) is 36.1 Å². The van der Waals surface area contributed by atoms with E-state index < -0.39 is 20.2 Å². The number of nitrogen functional groups attached to an aromatic ring is 2. The molecule has 0 spiro atoms. The predicted molar refractivity (Wildman–Crippen MR) is 123 cm³/mol. The van der Waals surface area contributed by atoms with Gasteiger partial charge in [-0.2, -0.15) is 16.8 Å². The molecule has 0 radical (unpaired) electrons. The highest BCUT2D eigenvalue weighted by Crippen LogP contribution is 2.33. The third-order valence-electron chi connectivity index (χ3n) is 4.47. The van der Waals surface area contributed by atoms with Crippen LogP contribution in [0, 0.1) is 0 Å². The van der Waals surface area contributed by atoms with Crippen molar-refractivity contribution in [3.05, 3.63) is 36.4 Å². The van der Waals surface area contributed by atoms with Gasteiger partial charge in [-0.05, 0) is 61.1 Å². The molecule has 0 heterocycles. The molecular formula is C20H28N2O8S2. The van der Waals surface area contributed by atoms with Gasteiger partial charge in [0, 0.05) is 0 Å². The first kappa shape index (κ1) is 25.7. The van der Waals surface area contributed by atoms with Gasteiger partial charge in [0.1, 0.15) is 11.5 Å². The zero-order chi connectivity index (χ0) is 23.8. The maximum absolute atomic E-state index is 10.8. The van der Waals surface area contributed by atoms with Gasteiger partial charge >= 0.3 is 0 Å². The van der Waals surface area contributed by atoms with Crippen molar-refractivity contribution in [2.24, 2.45) is 0 Å². The molecule has 0 aliphatic rings. The molecule has 0 amide bonds. The van der Waals surface area contributed by atoms with Gasteiger partial charge in [-0.25, -0.2) is 0 Å². The second-order valence-electron chi connectivity index (χ2n) is 7.19. The van der Waals surface area contributed by atoms with Crippen molar-refractivity contribution in [2.45, 2.75) is 25.7 Å². The fourth-order valence-corrected chi connectivity index (χ4v) is 3.95. The van der Waals surface area contributed by atoms with Crippen molar-refractivity contribution in [3.8, 4) is 22.6 Å². The van der Waals surface area contributed by atoms with E-state index >= 15 is 0 Å². The minimum absolute atomic E-state index is 0.239. The lowest BCUT2D eigenvalue weighted by molar-refractivity contribution is 0.310. The molecular weight excluding hydrogens is 460 g/mol. The smallest absolute Gasteiger partial charge is 0.264 e. The van der Waals surface area contributed by atoms with Crippen LogP contribution in [0.1, 0.15) is 25.7 Å². The molecule has 0 saturated heterocycles. The maximum atomic E-state index is 10.8. The lowest BCUT2D eigenvalue weighted by atomic mass is 10.0. The lowest BCUT2D eigenvalue weighted by Gasteiger charge is -2.13. The summed E-state index contributed by atoms with van der Waals surface area (Å²) in [6.07, 6.45) is 1.39. The Morgan fingerprint density at radius 3 is 1.38 bits per heavy atom. The Bertz CT molecular complexity index is 1030. The van der Waals surface area contributed by atoms with Crippen molar-refractivity contribution in [2.75, 3.05) is 36.2 Å². The highest BCUT2D eigenvalue weighted by atomic mass is 32.2. The number of rotatable bonds is 13. The van der Waals surface area contributed by atoms with Crippen LogP contribution in [0.5, 0.6) is 11.5 Å². The molecule has 12 heteroatoms. The second kappa shape index (κ2) is 11.4. The van der Waals surface area contributed by atoms with Crippen LogP contribution in [0.15, 0.2) is 36.4 Å². The average Bonchev–Trinajstić information content (AvgIpc) is 2.68. The first-order chi connectivity index (χ1) is 14.9. The van der Waals surface area contributed by atoms with Gasteiger partial charge in [0.25, 0.3) is 20.2 Å². The summed E-state index contributed by atoms with van der Waals surface area (Å²) in [6, 6.07) is 10.5. The predicted octanol–water partition coefficient (Wildman–Crippen LogP) is 2.61. The van der Waals surface area contributed by atoms with Gasteiger partial charge in [-0.1, -0.05) is 12.1 Å². The number of unbranched alkanes of at least 4 members (excludes halogenated alkanes) is 2.